The summed E-state index contributed by atoms with van der Waals surface area (Å²) in [6, 6.07) is 8.54. The molecule has 1 aliphatic heterocycles. The Kier molecular flexibility index (Phi) is 6.52. The van der Waals surface area contributed by atoms with E-state index < -0.39 is 6.10 Å². The van der Waals surface area contributed by atoms with Crippen molar-refractivity contribution >= 4 is 0 Å². The Labute approximate surface area is 153 Å². The molecular formula is C21H36N2O2. The normalized spacial score (nSPS) is 21.3. The van der Waals surface area contributed by atoms with Gasteiger partial charge in [-0.2, -0.15) is 0 Å². The van der Waals surface area contributed by atoms with E-state index in [-0.39, 0.29) is 11.1 Å². The van der Waals surface area contributed by atoms with Crippen molar-refractivity contribution in [3.05, 3.63) is 29.8 Å². The molecule has 142 valence electrons. The van der Waals surface area contributed by atoms with Crippen LogP contribution >= 0.6 is 0 Å². The molecule has 0 radical (unpaired) electrons. The van der Waals surface area contributed by atoms with Gasteiger partial charge < -0.3 is 20.5 Å². The molecule has 0 aromatic heterocycles. The predicted molar refractivity (Wildman–Crippen MR) is 104 cm³/mol. The maximum atomic E-state index is 10.2. The molecule has 4 heteroatoms. The zero-order chi connectivity index (χ0) is 18.7. The first-order valence-corrected chi connectivity index (χ1v) is 9.50. The fraction of sp³-hybridized carbons (Fsp3) is 0.714. The van der Waals surface area contributed by atoms with Crippen molar-refractivity contribution in [1.29, 1.82) is 0 Å². The highest BCUT2D eigenvalue weighted by atomic mass is 16.5. The number of aliphatic hydroxyl groups is 1. The minimum atomic E-state index is -0.508. The Morgan fingerprint density at radius 2 is 1.68 bits per heavy atom. The van der Waals surface area contributed by atoms with E-state index in [4.69, 9.17) is 4.74 Å². The van der Waals surface area contributed by atoms with Gasteiger partial charge in [0.15, 0.2) is 0 Å². The van der Waals surface area contributed by atoms with E-state index in [1.165, 1.54) is 5.56 Å². The van der Waals surface area contributed by atoms with E-state index in [1.54, 1.807) is 0 Å². The van der Waals surface area contributed by atoms with Gasteiger partial charge >= 0.3 is 0 Å². The van der Waals surface area contributed by atoms with Gasteiger partial charge in [-0.1, -0.05) is 26.0 Å². The zero-order valence-corrected chi connectivity index (χ0v) is 16.7. The molecule has 0 unspecified atom stereocenters. The second-order valence-electron chi connectivity index (χ2n) is 9.09. The Morgan fingerprint density at radius 3 is 2.20 bits per heavy atom. The zero-order valence-electron chi connectivity index (χ0n) is 16.7. The van der Waals surface area contributed by atoms with E-state index in [0.717, 1.165) is 18.6 Å². The fourth-order valence-electron chi connectivity index (χ4n) is 3.97. The molecule has 1 saturated heterocycles. The number of aliphatic hydroxyl groups excluding tert-OH is 1. The molecule has 0 aliphatic carbocycles. The molecule has 4 nitrogen and oxygen atoms in total. The van der Waals surface area contributed by atoms with Gasteiger partial charge in [0.2, 0.25) is 0 Å². The summed E-state index contributed by atoms with van der Waals surface area (Å²) in [6.07, 6.45) is 1.60. The third-order valence-electron chi connectivity index (χ3n) is 4.82. The average molecular weight is 349 g/mol. The van der Waals surface area contributed by atoms with Gasteiger partial charge in [0.25, 0.3) is 0 Å². The van der Waals surface area contributed by atoms with Gasteiger partial charge in [0.1, 0.15) is 18.5 Å². The van der Waals surface area contributed by atoms with Crippen LogP contribution in [0.1, 0.15) is 65.9 Å². The molecule has 2 rings (SSSR count). The Morgan fingerprint density at radius 1 is 1.12 bits per heavy atom. The first-order valence-electron chi connectivity index (χ1n) is 9.50. The molecule has 0 saturated carbocycles. The van der Waals surface area contributed by atoms with Gasteiger partial charge in [-0.25, -0.2) is 0 Å². The molecule has 1 atom stereocenters. The highest BCUT2D eigenvalue weighted by Gasteiger charge is 2.37. The molecule has 0 spiro atoms. The lowest BCUT2D eigenvalue weighted by Crippen LogP contribution is -2.62. The van der Waals surface area contributed by atoms with Gasteiger partial charge in [-0.3, -0.25) is 0 Å². The molecule has 0 bridgehead atoms. The summed E-state index contributed by atoms with van der Waals surface area (Å²) in [5.74, 6) is 1.33. The summed E-state index contributed by atoms with van der Waals surface area (Å²) >= 11 is 0. The smallest absolute Gasteiger partial charge is 0.119 e. The van der Waals surface area contributed by atoms with E-state index in [9.17, 15) is 5.11 Å². The molecule has 3 N–H and O–H groups in total. The van der Waals surface area contributed by atoms with Gasteiger partial charge in [0.05, 0.1) is 0 Å². The molecular weight excluding hydrogens is 312 g/mol. The summed E-state index contributed by atoms with van der Waals surface area (Å²) in [7, 11) is 0. The number of ether oxygens (including phenoxy) is 1. The van der Waals surface area contributed by atoms with Gasteiger partial charge in [-0.15, -0.1) is 0 Å². The Bertz CT molecular complexity index is 521. The summed E-state index contributed by atoms with van der Waals surface area (Å²) in [6.45, 7) is 14.2. The minimum absolute atomic E-state index is 0.110. The second-order valence-corrected chi connectivity index (χ2v) is 9.09. The molecule has 1 aromatic rings. The highest BCUT2D eigenvalue weighted by molar-refractivity contribution is 5.28. The molecule has 1 fully saturated rings. The Balaban J connectivity index is 1.76. The first-order chi connectivity index (χ1) is 11.6. The molecule has 0 amide bonds. The number of hydrogen-bond acceptors (Lipinski definition) is 4. The topological polar surface area (TPSA) is 53.5 Å². The van der Waals surface area contributed by atoms with E-state index in [0.29, 0.717) is 25.1 Å². The predicted octanol–water partition coefficient (Wildman–Crippen LogP) is 3.45. The van der Waals surface area contributed by atoms with Crippen LogP contribution in [-0.2, 0) is 0 Å². The van der Waals surface area contributed by atoms with Crippen molar-refractivity contribution in [2.45, 2.75) is 83.5 Å². The van der Waals surface area contributed by atoms with Crippen LogP contribution in [0, 0.1) is 0 Å². The third kappa shape index (κ3) is 6.61. The monoisotopic (exact) mass is 348 g/mol. The van der Waals surface area contributed by atoms with Crippen molar-refractivity contribution < 1.29 is 9.84 Å². The number of hydrogen-bond donors (Lipinski definition) is 3. The van der Waals surface area contributed by atoms with Crippen LogP contribution in [0.25, 0.3) is 0 Å². The van der Waals surface area contributed by atoms with E-state index >= 15 is 0 Å². The molecule has 25 heavy (non-hydrogen) atoms. The quantitative estimate of drug-likeness (QED) is 0.706. The van der Waals surface area contributed by atoms with Crippen molar-refractivity contribution in [1.82, 2.24) is 10.6 Å². The molecule has 1 aromatic carbocycles. The lowest BCUT2D eigenvalue weighted by Gasteiger charge is -2.47. The minimum Gasteiger partial charge on any atom is -0.491 e. The third-order valence-corrected chi connectivity index (χ3v) is 4.82. The summed E-state index contributed by atoms with van der Waals surface area (Å²) in [5.41, 5.74) is 1.52. The van der Waals surface area contributed by atoms with Crippen LogP contribution < -0.4 is 15.4 Å². The number of piperidine rings is 1. The summed E-state index contributed by atoms with van der Waals surface area (Å²) in [4.78, 5) is 0. The van der Waals surface area contributed by atoms with E-state index in [2.05, 4.69) is 64.3 Å². The van der Waals surface area contributed by atoms with Crippen LogP contribution in [0.15, 0.2) is 24.3 Å². The second kappa shape index (κ2) is 8.07. The maximum absolute atomic E-state index is 10.2. The van der Waals surface area contributed by atoms with Gasteiger partial charge in [0, 0.05) is 23.7 Å². The number of rotatable bonds is 7. The lowest BCUT2D eigenvalue weighted by molar-refractivity contribution is 0.0901. The highest BCUT2D eigenvalue weighted by Crippen LogP contribution is 2.28. The fourth-order valence-corrected chi connectivity index (χ4v) is 3.97. The standard InChI is InChI=1S/C21H36N2O2/c1-15(2)16-7-9-19(10-8-16)25-14-18(24)13-22-17-11-20(3,4)23-21(5,6)12-17/h7-10,15,17-18,22-24H,11-14H2,1-6H3/t18-/m1/s1. The first kappa shape index (κ1) is 20.2. The largest absolute Gasteiger partial charge is 0.491 e. The number of benzene rings is 1. The Hall–Kier alpha value is -1.10. The van der Waals surface area contributed by atoms with Crippen LogP contribution in [0.5, 0.6) is 5.75 Å². The van der Waals surface area contributed by atoms with Gasteiger partial charge in [-0.05, 0) is 64.2 Å². The van der Waals surface area contributed by atoms with Crippen molar-refractivity contribution in [3.8, 4) is 5.75 Å². The van der Waals surface area contributed by atoms with Crippen LogP contribution in [0.3, 0.4) is 0 Å². The average Bonchev–Trinajstić information content (AvgIpc) is 2.48. The van der Waals surface area contributed by atoms with E-state index in [1.807, 2.05) is 12.1 Å². The van der Waals surface area contributed by atoms with Crippen molar-refractivity contribution in [3.63, 3.8) is 0 Å². The summed E-state index contributed by atoms with van der Waals surface area (Å²) < 4.78 is 5.72. The lowest BCUT2D eigenvalue weighted by atomic mass is 9.79. The van der Waals surface area contributed by atoms with Crippen LogP contribution in [-0.4, -0.2) is 41.5 Å². The summed E-state index contributed by atoms with van der Waals surface area (Å²) in [5, 5.41) is 17.4. The molecule has 1 heterocycles. The SMILES string of the molecule is CC(C)c1ccc(OC[C@H](O)CNC2CC(C)(C)NC(C)(C)C2)cc1. The van der Waals surface area contributed by atoms with Crippen LogP contribution in [0.2, 0.25) is 0 Å². The molecule has 1 aliphatic rings. The number of nitrogens with one attached hydrogen (secondary N) is 2. The van der Waals surface area contributed by atoms with Crippen molar-refractivity contribution in [2.24, 2.45) is 0 Å². The van der Waals surface area contributed by atoms with Crippen LogP contribution in [0.4, 0.5) is 0 Å². The maximum Gasteiger partial charge on any atom is 0.119 e. The van der Waals surface area contributed by atoms with Crippen molar-refractivity contribution in [2.75, 3.05) is 13.2 Å².